The van der Waals surface area contributed by atoms with Crippen LogP contribution in [0.5, 0.6) is 0 Å². The SMILES string of the molecule is O=C(Nc1ccccc1C(=O)N1CCOCC1)C1CCN(S(=O)(=O)Cc2cccc(Br)c2)CC1. The van der Waals surface area contributed by atoms with E-state index >= 15 is 0 Å². The first-order valence-electron chi connectivity index (χ1n) is 11.3. The number of sulfonamides is 1. The molecule has 34 heavy (non-hydrogen) atoms. The van der Waals surface area contributed by atoms with Crippen LogP contribution in [0.15, 0.2) is 53.0 Å². The zero-order valence-corrected chi connectivity index (χ0v) is 21.2. The molecule has 2 amide bonds. The number of morpholine rings is 1. The van der Waals surface area contributed by atoms with Crippen LogP contribution in [0.4, 0.5) is 5.69 Å². The minimum Gasteiger partial charge on any atom is -0.378 e. The van der Waals surface area contributed by atoms with Crippen molar-refractivity contribution < 1.29 is 22.7 Å². The maximum atomic E-state index is 13.0. The van der Waals surface area contributed by atoms with Crippen molar-refractivity contribution in [1.29, 1.82) is 0 Å². The maximum Gasteiger partial charge on any atom is 0.256 e. The van der Waals surface area contributed by atoms with Crippen LogP contribution >= 0.6 is 15.9 Å². The number of nitrogens with one attached hydrogen (secondary N) is 1. The molecule has 0 bridgehead atoms. The first-order chi connectivity index (χ1) is 16.3. The summed E-state index contributed by atoms with van der Waals surface area (Å²) in [7, 11) is -3.47. The number of para-hydroxylation sites is 1. The van der Waals surface area contributed by atoms with Crippen molar-refractivity contribution in [3.05, 3.63) is 64.1 Å². The Hall–Kier alpha value is -2.27. The standard InChI is InChI=1S/C24H28BrN3O5S/c25-20-5-3-4-18(16-20)17-34(31,32)28-10-8-19(9-11-28)23(29)26-22-7-2-1-6-21(22)24(30)27-12-14-33-15-13-27/h1-7,16,19H,8-15,17H2,(H,26,29). The van der Waals surface area contributed by atoms with Gasteiger partial charge in [0.15, 0.2) is 0 Å². The van der Waals surface area contributed by atoms with E-state index in [0.717, 1.165) is 10.0 Å². The summed E-state index contributed by atoms with van der Waals surface area (Å²) in [4.78, 5) is 27.6. The number of hydrogen-bond donors (Lipinski definition) is 1. The molecule has 2 aliphatic heterocycles. The van der Waals surface area contributed by atoms with Gasteiger partial charge in [0.05, 0.1) is 30.2 Å². The molecule has 8 nitrogen and oxygen atoms in total. The van der Waals surface area contributed by atoms with Crippen molar-refractivity contribution >= 4 is 43.5 Å². The van der Waals surface area contributed by atoms with Crippen molar-refractivity contribution in [3.63, 3.8) is 0 Å². The lowest BCUT2D eigenvalue weighted by Gasteiger charge is -2.31. The van der Waals surface area contributed by atoms with Gasteiger partial charge in [-0.1, -0.05) is 40.2 Å². The Morgan fingerprint density at radius 1 is 1.00 bits per heavy atom. The van der Waals surface area contributed by atoms with Crippen molar-refractivity contribution in [2.75, 3.05) is 44.7 Å². The number of hydrogen-bond acceptors (Lipinski definition) is 5. The molecule has 2 heterocycles. The number of carbonyl (C=O) groups excluding carboxylic acids is 2. The van der Waals surface area contributed by atoms with Crippen LogP contribution < -0.4 is 5.32 Å². The summed E-state index contributed by atoms with van der Waals surface area (Å²) in [5.74, 6) is -0.705. The van der Waals surface area contributed by atoms with Gasteiger partial charge in [0.1, 0.15) is 0 Å². The van der Waals surface area contributed by atoms with Crippen LogP contribution in [0, 0.1) is 5.92 Å². The summed E-state index contributed by atoms with van der Waals surface area (Å²) in [5.41, 5.74) is 1.65. The second kappa shape index (κ2) is 11.0. The van der Waals surface area contributed by atoms with Crippen molar-refractivity contribution in [3.8, 4) is 0 Å². The van der Waals surface area contributed by atoms with E-state index < -0.39 is 10.0 Å². The van der Waals surface area contributed by atoms with Gasteiger partial charge in [0, 0.05) is 36.6 Å². The highest BCUT2D eigenvalue weighted by Gasteiger charge is 2.32. The number of anilines is 1. The fourth-order valence-corrected chi connectivity index (χ4v) is 6.27. The van der Waals surface area contributed by atoms with Crippen LogP contribution in [0.25, 0.3) is 0 Å². The lowest BCUT2D eigenvalue weighted by atomic mass is 9.97. The summed E-state index contributed by atoms with van der Waals surface area (Å²) in [6.07, 6.45) is 0.867. The molecule has 2 saturated heterocycles. The van der Waals surface area contributed by atoms with Gasteiger partial charge in [-0.05, 0) is 42.7 Å². The Bertz CT molecular complexity index is 1140. The quantitative estimate of drug-likeness (QED) is 0.597. The predicted molar refractivity (Wildman–Crippen MR) is 133 cm³/mol. The van der Waals surface area contributed by atoms with Gasteiger partial charge in [-0.15, -0.1) is 0 Å². The Labute approximate surface area is 208 Å². The highest BCUT2D eigenvalue weighted by Crippen LogP contribution is 2.25. The second-order valence-electron chi connectivity index (χ2n) is 8.50. The van der Waals surface area contributed by atoms with E-state index in [0.29, 0.717) is 63.5 Å². The van der Waals surface area contributed by atoms with E-state index in [1.54, 1.807) is 41.3 Å². The summed E-state index contributed by atoms with van der Waals surface area (Å²) in [5, 5.41) is 2.91. The number of rotatable bonds is 6. The largest absolute Gasteiger partial charge is 0.378 e. The second-order valence-corrected chi connectivity index (χ2v) is 11.4. The molecule has 0 saturated carbocycles. The number of benzene rings is 2. The van der Waals surface area contributed by atoms with E-state index in [9.17, 15) is 18.0 Å². The zero-order chi connectivity index (χ0) is 24.1. The molecule has 0 unspecified atom stereocenters. The van der Waals surface area contributed by atoms with Gasteiger partial charge < -0.3 is 15.0 Å². The topological polar surface area (TPSA) is 96.0 Å². The lowest BCUT2D eigenvalue weighted by molar-refractivity contribution is -0.120. The molecule has 0 aliphatic carbocycles. The van der Waals surface area contributed by atoms with Crippen LogP contribution in [0.2, 0.25) is 0 Å². The summed E-state index contributed by atoms with van der Waals surface area (Å²) < 4.78 is 33.3. The van der Waals surface area contributed by atoms with E-state index in [2.05, 4.69) is 21.2 Å². The average molecular weight is 550 g/mol. The molecule has 0 atom stereocenters. The Balaban J connectivity index is 1.36. The number of carbonyl (C=O) groups is 2. The predicted octanol–water partition coefficient (Wildman–Crippen LogP) is 3.10. The fourth-order valence-electron chi connectivity index (χ4n) is 4.28. The molecule has 0 spiro atoms. The Morgan fingerprint density at radius 2 is 1.71 bits per heavy atom. The van der Waals surface area contributed by atoms with E-state index in [1.807, 2.05) is 12.1 Å². The molecule has 2 fully saturated rings. The zero-order valence-electron chi connectivity index (χ0n) is 18.8. The van der Waals surface area contributed by atoms with Crippen LogP contribution in [0.3, 0.4) is 0 Å². The fraction of sp³-hybridized carbons (Fsp3) is 0.417. The molecule has 182 valence electrons. The van der Waals surface area contributed by atoms with Crippen molar-refractivity contribution in [2.24, 2.45) is 5.92 Å². The van der Waals surface area contributed by atoms with Gasteiger partial charge in [0.2, 0.25) is 15.9 Å². The Kier molecular flexibility index (Phi) is 8.02. The normalized spacial score (nSPS) is 18.0. The number of amides is 2. The highest BCUT2D eigenvalue weighted by atomic mass is 79.9. The molecular weight excluding hydrogens is 522 g/mol. The molecule has 0 aromatic heterocycles. The van der Waals surface area contributed by atoms with Gasteiger partial charge in [0.25, 0.3) is 5.91 Å². The highest BCUT2D eigenvalue weighted by molar-refractivity contribution is 9.10. The van der Waals surface area contributed by atoms with Crippen molar-refractivity contribution in [2.45, 2.75) is 18.6 Å². The number of halogens is 1. The average Bonchev–Trinajstić information content (AvgIpc) is 2.84. The third-order valence-corrected chi connectivity index (χ3v) is 8.51. The van der Waals surface area contributed by atoms with E-state index in [-0.39, 0.29) is 23.5 Å². The summed E-state index contributed by atoms with van der Waals surface area (Å²) >= 11 is 3.37. The minimum atomic E-state index is -3.47. The minimum absolute atomic E-state index is 0.0691. The van der Waals surface area contributed by atoms with Crippen LogP contribution in [-0.4, -0.2) is 68.8 Å². The lowest BCUT2D eigenvalue weighted by Crippen LogP contribution is -2.42. The van der Waals surface area contributed by atoms with Gasteiger partial charge in [-0.3, -0.25) is 9.59 Å². The van der Waals surface area contributed by atoms with Crippen LogP contribution in [-0.2, 0) is 25.3 Å². The molecule has 2 aromatic carbocycles. The number of ether oxygens (including phenoxy) is 1. The van der Waals surface area contributed by atoms with Crippen LogP contribution in [0.1, 0.15) is 28.8 Å². The number of piperidine rings is 1. The molecular formula is C24H28BrN3O5S. The molecule has 2 aromatic rings. The summed E-state index contributed by atoms with van der Waals surface area (Å²) in [6.45, 7) is 2.64. The molecule has 2 aliphatic rings. The Morgan fingerprint density at radius 3 is 2.41 bits per heavy atom. The van der Waals surface area contributed by atoms with Gasteiger partial charge in [-0.2, -0.15) is 0 Å². The van der Waals surface area contributed by atoms with E-state index in [1.165, 1.54) is 4.31 Å². The van der Waals surface area contributed by atoms with Gasteiger partial charge in [-0.25, -0.2) is 12.7 Å². The molecule has 10 heteroatoms. The molecule has 4 rings (SSSR count). The first kappa shape index (κ1) is 24.8. The van der Waals surface area contributed by atoms with E-state index in [4.69, 9.17) is 4.74 Å². The monoisotopic (exact) mass is 549 g/mol. The molecule has 1 N–H and O–H groups in total. The third kappa shape index (κ3) is 6.04. The summed E-state index contributed by atoms with van der Waals surface area (Å²) in [6, 6.07) is 14.3. The smallest absolute Gasteiger partial charge is 0.256 e. The van der Waals surface area contributed by atoms with Crippen molar-refractivity contribution in [1.82, 2.24) is 9.21 Å². The van der Waals surface area contributed by atoms with Gasteiger partial charge >= 0.3 is 0 Å². The third-order valence-electron chi connectivity index (χ3n) is 6.17. The molecule has 0 radical (unpaired) electrons. The maximum absolute atomic E-state index is 13.0. The number of nitrogens with zero attached hydrogens (tertiary/aromatic N) is 2. The first-order valence-corrected chi connectivity index (χ1v) is 13.7.